The molecule has 102 valence electrons. The van der Waals surface area contributed by atoms with Crippen molar-refractivity contribution < 1.29 is 23.5 Å². The molecule has 0 aliphatic heterocycles. The van der Waals surface area contributed by atoms with Crippen LogP contribution in [-0.2, 0) is 14.3 Å². The van der Waals surface area contributed by atoms with Gasteiger partial charge in [0.1, 0.15) is 12.4 Å². The first-order chi connectivity index (χ1) is 9.04. The van der Waals surface area contributed by atoms with E-state index in [4.69, 9.17) is 0 Å². The molecule has 6 nitrogen and oxygen atoms in total. The van der Waals surface area contributed by atoms with Gasteiger partial charge in [0.05, 0.1) is 19.2 Å². The zero-order valence-electron chi connectivity index (χ0n) is 10.2. The third-order valence-corrected chi connectivity index (χ3v) is 2.19. The molecule has 0 aliphatic carbocycles. The average molecular weight is 268 g/mol. The van der Waals surface area contributed by atoms with Crippen LogP contribution in [0.4, 0.5) is 4.39 Å². The summed E-state index contributed by atoms with van der Waals surface area (Å²) in [4.78, 5) is 33.5. The first-order valence-electron chi connectivity index (χ1n) is 5.41. The van der Waals surface area contributed by atoms with Crippen molar-refractivity contribution in [1.82, 2.24) is 10.6 Å². The van der Waals surface area contributed by atoms with Gasteiger partial charge in [0.25, 0.3) is 5.91 Å². The first-order valence-corrected chi connectivity index (χ1v) is 5.41. The minimum Gasteiger partial charge on any atom is -0.468 e. The molecule has 7 heteroatoms. The number of ether oxygens (including phenoxy) is 1. The number of rotatable bonds is 5. The summed E-state index contributed by atoms with van der Waals surface area (Å²) in [6.07, 6.45) is 0. The lowest BCUT2D eigenvalue weighted by atomic mass is 10.2. The van der Waals surface area contributed by atoms with Crippen molar-refractivity contribution in [2.45, 2.75) is 0 Å². The molecule has 0 saturated carbocycles. The van der Waals surface area contributed by atoms with Gasteiger partial charge in [-0.25, -0.2) is 4.39 Å². The number of benzene rings is 1. The highest BCUT2D eigenvalue weighted by atomic mass is 19.1. The van der Waals surface area contributed by atoms with Gasteiger partial charge in [0.15, 0.2) is 0 Å². The molecule has 2 N–H and O–H groups in total. The Morgan fingerprint density at radius 2 is 1.84 bits per heavy atom. The van der Waals surface area contributed by atoms with Gasteiger partial charge in [-0.3, -0.25) is 14.4 Å². The Bertz CT molecular complexity index is 490. The number of carbonyl (C=O) groups is 3. The fraction of sp³-hybridized carbons (Fsp3) is 0.250. The van der Waals surface area contributed by atoms with Crippen molar-refractivity contribution in [3.05, 3.63) is 35.6 Å². The summed E-state index contributed by atoms with van der Waals surface area (Å²) in [6.45, 7) is -0.644. The van der Waals surface area contributed by atoms with Gasteiger partial charge in [-0.1, -0.05) is 12.1 Å². The van der Waals surface area contributed by atoms with E-state index >= 15 is 0 Å². The fourth-order valence-corrected chi connectivity index (χ4v) is 1.21. The molecule has 19 heavy (non-hydrogen) atoms. The molecule has 0 spiro atoms. The Morgan fingerprint density at radius 3 is 2.47 bits per heavy atom. The average Bonchev–Trinajstić information content (AvgIpc) is 2.42. The second-order valence-electron chi connectivity index (χ2n) is 3.52. The maximum atomic E-state index is 13.2. The van der Waals surface area contributed by atoms with E-state index in [-0.39, 0.29) is 18.7 Å². The van der Waals surface area contributed by atoms with Crippen LogP contribution in [0.15, 0.2) is 24.3 Å². The summed E-state index contributed by atoms with van der Waals surface area (Å²) in [5.74, 6) is -2.55. The summed E-state index contributed by atoms with van der Waals surface area (Å²) in [5, 5.41) is 4.47. The molecule has 0 radical (unpaired) electrons. The zero-order chi connectivity index (χ0) is 14.3. The van der Waals surface area contributed by atoms with Gasteiger partial charge in [0, 0.05) is 0 Å². The molecule has 0 heterocycles. The van der Waals surface area contributed by atoms with E-state index < -0.39 is 23.6 Å². The largest absolute Gasteiger partial charge is 0.468 e. The number of carbonyl (C=O) groups excluding carboxylic acids is 3. The Labute approximate surface area is 108 Å². The monoisotopic (exact) mass is 268 g/mol. The molecular formula is C12H13FN2O4. The Balaban J connectivity index is 2.40. The van der Waals surface area contributed by atoms with Gasteiger partial charge in [-0.2, -0.15) is 0 Å². The van der Waals surface area contributed by atoms with E-state index in [9.17, 15) is 18.8 Å². The predicted molar refractivity (Wildman–Crippen MR) is 63.8 cm³/mol. The first kappa shape index (κ1) is 14.6. The van der Waals surface area contributed by atoms with Gasteiger partial charge < -0.3 is 15.4 Å². The van der Waals surface area contributed by atoms with Crippen LogP contribution in [-0.4, -0.2) is 38.0 Å². The lowest BCUT2D eigenvalue weighted by molar-refractivity contribution is -0.141. The normalized spacial score (nSPS) is 9.58. The van der Waals surface area contributed by atoms with Crippen LogP contribution in [0.2, 0.25) is 0 Å². The maximum absolute atomic E-state index is 13.2. The van der Waals surface area contributed by atoms with E-state index in [0.29, 0.717) is 0 Å². The molecule has 0 aromatic heterocycles. The van der Waals surface area contributed by atoms with Crippen LogP contribution in [0.5, 0.6) is 0 Å². The number of hydrogen-bond acceptors (Lipinski definition) is 4. The Kier molecular flexibility index (Phi) is 5.46. The summed E-state index contributed by atoms with van der Waals surface area (Å²) in [6, 6.07) is 5.41. The third-order valence-electron chi connectivity index (χ3n) is 2.19. The minimum absolute atomic E-state index is 0.150. The van der Waals surface area contributed by atoms with Gasteiger partial charge in [-0.15, -0.1) is 0 Å². The second-order valence-corrected chi connectivity index (χ2v) is 3.52. The molecular weight excluding hydrogens is 255 g/mol. The van der Waals surface area contributed by atoms with Crippen molar-refractivity contribution in [1.29, 1.82) is 0 Å². The summed E-state index contributed by atoms with van der Waals surface area (Å²) < 4.78 is 17.6. The summed E-state index contributed by atoms with van der Waals surface area (Å²) >= 11 is 0. The van der Waals surface area contributed by atoms with Gasteiger partial charge >= 0.3 is 5.97 Å². The van der Waals surface area contributed by atoms with Crippen molar-refractivity contribution in [3.8, 4) is 0 Å². The van der Waals surface area contributed by atoms with E-state index in [1.54, 1.807) is 0 Å². The molecule has 0 unspecified atom stereocenters. The number of esters is 1. The number of methoxy groups -OCH3 is 1. The lowest BCUT2D eigenvalue weighted by Gasteiger charge is -2.06. The maximum Gasteiger partial charge on any atom is 0.325 e. The zero-order valence-corrected chi connectivity index (χ0v) is 10.2. The standard InChI is InChI=1S/C12H13FN2O4/c1-19-11(17)7-14-10(16)6-15-12(18)8-4-2-3-5-9(8)13/h2-5H,6-7H2,1H3,(H,14,16)(H,15,18). The quantitative estimate of drug-likeness (QED) is 0.727. The Hall–Kier alpha value is -2.44. The number of amides is 2. The summed E-state index contributed by atoms with van der Waals surface area (Å²) in [7, 11) is 1.19. The van der Waals surface area contributed by atoms with Gasteiger partial charge in [0.2, 0.25) is 5.91 Å². The van der Waals surface area contributed by atoms with Crippen LogP contribution >= 0.6 is 0 Å². The topological polar surface area (TPSA) is 84.5 Å². The van der Waals surface area contributed by atoms with Gasteiger partial charge in [-0.05, 0) is 12.1 Å². The van der Waals surface area contributed by atoms with Crippen molar-refractivity contribution in [2.24, 2.45) is 0 Å². The molecule has 0 fully saturated rings. The molecule has 0 saturated heterocycles. The van der Waals surface area contributed by atoms with Crippen molar-refractivity contribution in [2.75, 3.05) is 20.2 Å². The second kappa shape index (κ2) is 7.10. The van der Waals surface area contributed by atoms with Crippen LogP contribution in [0.1, 0.15) is 10.4 Å². The Morgan fingerprint density at radius 1 is 1.16 bits per heavy atom. The lowest BCUT2D eigenvalue weighted by Crippen LogP contribution is -2.39. The molecule has 0 bridgehead atoms. The number of nitrogens with one attached hydrogen (secondary N) is 2. The van der Waals surface area contributed by atoms with E-state index in [1.165, 1.54) is 25.3 Å². The summed E-state index contributed by atoms with van der Waals surface area (Å²) in [5.41, 5.74) is -0.150. The highest BCUT2D eigenvalue weighted by Crippen LogP contribution is 2.05. The SMILES string of the molecule is COC(=O)CNC(=O)CNC(=O)c1ccccc1F. The molecule has 1 rings (SSSR count). The smallest absolute Gasteiger partial charge is 0.325 e. The molecule has 1 aromatic rings. The van der Waals surface area contributed by atoms with E-state index in [2.05, 4.69) is 15.4 Å². The third kappa shape index (κ3) is 4.74. The number of hydrogen-bond donors (Lipinski definition) is 2. The van der Waals surface area contributed by atoms with Crippen LogP contribution in [0.25, 0.3) is 0 Å². The predicted octanol–water partition coefficient (Wildman–Crippen LogP) is -0.155. The fourth-order valence-electron chi connectivity index (χ4n) is 1.21. The number of halogens is 1. The van der Waals surface area contributed by atoms with E-state index in [0.717, 1.165) is 6.07 Å². The molecule has 1 aromatic carbocycles. The minimum atomic E-state index is -0.702. The molecule has 0 atom stereocenters. The highest BCUT2D eigenvalue weighted by Gasteiger charge is 2.12. The van der Waals surface area contributed by atoms with Crippen LogP contribution in [0, 0.1) is 5.82 Å². The van der Waals surface area contributed by atoms with Crippen molar-refractivity contribution >= 4 is 17.8 Å². The van der Waals surface area contributed by atoms with Crippen LogP contribution in [0.3, 0.4) is 0 Å². The van der Waals surface area contributed by atoms with Crippen molar-refractivity contribution in [3.63, 3.8) is 0 Å². The highest BCUT2D eigenvalue weighted by molar-refractivity contribution is 5.96. The van der Waals surface area contributed by atoms with E-state index in [1.807, 2.05) is 0 Å². The molecule has 0 aliphatic rings. The van der Waals surface area contributed by atoms with Crippen LogP contribution < -0.4 is 10.6 Å². The molecule has 2 amide bonds.